The van der Waals surface area contributed by atoms with Crippen LogP contribution in [-0.4, -0.2) is 23.4 Å². The van der Waals surface area contributed by atoms with E-state index in [0.717, 1.165) is 43.4 Å². The number of hydrogen-bond acceptors (Lipinski definition) is 6. The number of rotatable bonds is 3. The lowest BCUT2D eigenvalue weighted by atomic mass is 10.1. The van der Waals surface area contributed by atoms with Gasteiger partial charge in [-0.2, -0.15) is 0 Å². The van der Waals surface area contributed by atoms with Crippen LogP contribution in [0, 0.1) is 6.92 Å². The van der Waals surface area contributed by atoms with E-state index >= 15 is 0 Å². The average molecular weight is 346 g/mol. The van der Waals surface area contributed by atoms with Gasteiger partial charge in [0.05, 0.1) is 10.6 Å². The molecule has 2 amide bonds. The molecule has 1 aliphatic rings. The number of carbonyl (C=O) groups excluding carboxylic acids is 2. The molecule has 1 aromatic heterocycles. The van der Waals surface area contributed by atoms with E-state index in [4.69, 9.17) is 0 Å². The van der Waals surface area contributed by atoms with E-state index in [1.54, 1.807) is 13.1 Å². The number of thioether (sulfide) groups is 1. The van der Waals surface area contributed by atoms with Crippen molar-refractivity contribution in [2.24, 2.45) is 0 Å². The first-order valence-electron chi connectivity index (χ1n) is 6.82. The largest absolute Gasteiger partial charge is 0.290 e. The van der Waals surface area contributed by atoms with Crippen molar-refractivity contribution >= 4 is 46.0 Å². The zero-order valence-corrected chi connectivity index (χ0v) is 14.1. The minimum absolute atomic E-state index is 0.341. The highest BCUT2D eigenvalue weighted by molar-refractivity contribution is 8.18. The van der Waals surface area contributed by atoms with Crippen LogP contribution in [0.25, 0.3) is 16.5 Å². The number of hydroxylamine groups is 1. The van der Waals surface area contributed by atoms with Crippen molar-refractivity contribution in [1.29, 1.82) is 0 Å². The number of amides is 2. The molecule has 5 nitrogen and oxygen atoms in total. The van der Waals surface area contributed by atoms with Gasteiger partial charge in [0.1, 0.15) is 0 Å². The Kier molecular flexibility index (Phi) is 4.25. The first-order chi connectivity index (χ1) is 10.9. The molecule has 2 aromatic rings. The number of nitrogens with zero attached hydrogens (tertiary/aromatic N) is 1. The van der Waals surface area contributed by atoms with Crippen molar-refractivity contribution in [3.05, 3.63) is 45.7 Å². The molecule has 118 valence electrons. The summed E-state index contributed by atoms with van der Waals surface area (Å²) in [5, 5.41) is 12.7. The number of aryl methyl sites for hydroxylation is 1. The van der Waals surface area contributed by atoms with Crippen LogP contribution in [-0.2, 0) is 4.79 Å². The molecule has 1 aromatic carbocycles. The van der Waals surface area contributed by atoms with Crippen molar-refractivity contribution in [2.45, 2.75) is 6.92 Å². The fraction of sp³-hybridized carbons (Fsp3) is 0.125. The number of thiophene rings is 1. The molecular formula is C16H14N2O3S2. The standard InChI is InChI=1S/C16H14N2O3S2/c1-9-3-4-10(7-12(9)18(2)21)13-6-5-11(22-13)8-14-15(19)17-16(20)23-14/h3-8,21H,1-2H3,(H,17,19,20). The summed E-state index contributed by atoms with van der Waals surface area (Å²) in [5.41, 5.74) is 2.71. The Morgan fingerprint density at radius 2 is 2.00 bits per heavy atom. The zero-order valence-electron chi connectivity index (χ0n) is 12.5. The van der Waals surface area contributed by atoms with Gasteiger partial charge in [0.2, 0.25) is 0 Å². The summed E-state index contributed by atoms with van der Waals surface area (Å²) in [5.74, 6) is -0.352. The second-order valence-electron chi connectivity index (χ2n) is 5.08. The highest BCUT2D eigenvalue weighted by Crippen LogP contribution is 2.34. The number of benzene rings is 1. The molecule has 0 bridgehead atoms. The fourth-order valence-electron chi connectivity index (χ4n) is 2.25. The van der Waals surface area contributed by atoms with E-state index in [1.165, 1.54) is 11.3 Å². The predicted molar refractivity (Wildman–Crippen MR) is 93.8 cm³/mol. The highest BCUT2D eigenvalue weighted by atomic mass is 32.2. The van der Waals surface area contributed by atoms with E-state index in [9.17, 15) is 14.8 Å². The van der Waals surface area contributed by atoms with Crippen LogP contribution in [0.5, 0.6) is 0 Å². The van der Waals surface area contributed by atoms with E-state index in [-0.39, 0.29) is 11.1 Å². The van der Waals surface area contributed by atoms with Crippen LogP contribution >= 0.6 is 23.1 Å². The molecule has 7 heteroatoms. The summed E-state index contributed by atoms with van der Waals surface area (Å²) < 4.78 is 0. The van der Waals surface area contributed by atoms with Crippen molar-refractivity contribution in [1.82, 2.24) is 5.32 Å². The molecule has 2 N–H and O–H groups in total. The highest BCUT2D eigenvalue weighted by Gasteiger charge is 2.25. The van der Waals surface area contributed by atoms with Crippen molar-refractivity contribution in [2.75, 3.05) is 12.1 Å². The Labute approximate surface area is 141 Å². The van der Waals surface area contributed by atoms with E-state index < -0.39 is 0 Å². The minimum atomic E-state index is -0.352. The summed E-state index contributed by atoms with van der Waals surface area (Å²) in [4.78, 5) is 25.1. The van der Waals surface area contributed by atoms with Gasteiger partial charge in [-0.05, 0) is 54.1 Å². The molecule has 0 spiro atoms. The van der Waals surface area contributed by atoms with Crippen molar-refractivity contribution in [3.63, 3.8) is 0 Å². The van der Waals surface area contributed by atoms with Crippen LogP contribution in [0.15, 0.2) is 35.2 Å². The average Bonchev–Trinajstić information content (AvgIpc) is 3.06. The van der Waals surface area contributed by atoms with Crippen molar-refractivity contribution < 1.29 is 14.8 Å². The zero-order chi connectivity index (χ0) is 16.6. The van der Waals surface area contributed by atoms with E-state index in [2.05, 4.69) is 5.32 Å². The Morgan fingerprint density at radius 1 is 1.22 bits per heavy atom. The SMILES string of the molecule is Cc1ccc(-c2ccc(C=C3SC(=O)NC3=O)s2)cc1N(C)O. The third-order valence-electron chi connectivity index (χ3n) is 3.38. The Morgan fingerprint density at radius 3 is 2.65 bits per heavy atom. The van der Waals surface area contributed by atoms with Gasteiger partial charge < -0.3 is 0 Å². The Bertz CT molecular complexity index is 824. The topological polar surface area (TPSA) is 69.6 Å². The number of nitrogens with one attached hydrogen (secondary N) is 1. The third kappa shape index (κ3) is 3.31. The second kappa shape index (κ2) is 6.19. The molecule has 23 heavy (non-hydrogen) atoms. The van der Waals surface area contributed by atoms with Crippen LogP contribution in [0.2, 0.25) is 0 Å². The van der Waals surface area contributed by atoms with Gasteiger partial charge >= 0.3 is 0 Å². The molecule has 0 atom stereocenters. The van der Waals surface area contributed by atoms with Crippen molar-refractivity contribution in [3.8, 4) is 10.4 Å². The van der Waals surface area contributed by atoms with Crippen LogP contribution < -0.4 is 10.4 Å². The molecular weight excluding hydrogens is 332 g/mol. The quantitative estimate of drug-likeness (QED) is 0.652. The molecule has 0 aliphatic carbocycles. The maximum absolute atomic E-state index is 11.6. The van der Waals surface area contributed by atoms with E-state index in [1.807, 2.05) is 37.3 Å². The normalized spacial score (nSPS) is 16.0. The summed E-state index contributed by atoms with van der Waals surface area (Å²) in [6, 6.07) is 9.73. The molecule has 1 fully saturated rings. The van der Waals surface area contributed by atoms with Gasteiger partial charge in [0.15, 0.2) is 0 Å². The first-order valence-corrected chi connectivity index (χ1v) is 8.45. The molecule has 0 radical (unpaired) electrons. The fourth-order valence-corrected chi connectivity index (χ4v) is 3.94. The van der Waals surface area contributed by atoms with Crippen LogP contribution in [0.1, 0.15) is 10.4 Å². The summed E-state index contributed by atoms with van der Waals surface area (Å²) in [6.07, 6.45) is 1.71. The third-order valence-corrected chi connectivity index (χ3v) is 5.28. The summed E-state index contributed by atoms with van der Waals surface area (Å²) in [6.45, 7) is 1.93. The Balaban J connectivity index is 1.91. The number of anilines is 1. The summed E-state index contributed by atoms with van der Waals surface area (Å²) >= 11 is 2.43. The predicted octanol–water partition coefficient (Wildman–Crippen LogP) is 3.87. The maximum atomic E-state index is 11.6. The lowest BCUT2D eigenvalue weighted by Gasteiger charge is -2.14. The number of carbonyl (C=O) groups is 2. The molecule has 2 heterocycles. The van der Waals surface area contributed by atoms with Crippen LogP contribution in [0.3, 0.4) is 0 Å². The van der Waals surface area contributed by atoms with Gasteiger partial charge in [-0.15, -0.1) is 11.3 Å². The van der Waals surface area contributed by atoms with Gasteiger partial charge in [-0.25, -0.2) is 0 Å². The van der Waals surface area contributed by atoms with Gasteiger partial charge in [-0.3, -0.25) is 25.2 Å². The smallest absolute Gasteiger partial charge is 0.289 e. The molecule has 1 saturated heterocycles. The maximum Gasteiger partial charge on any atom is 0.290 e. The van der Waals surface area contributed by atoms with Gasteiger partial charge in [-0.1, -0.05) is 12.1 Å². The molecule has 1 aliphatic heterocycles. The first kappa shape index (κ1) is 15.8. The van der Waals surface area contributed by atoms with Gasteiger partial charge in [0, 0.05) is 16.8 Å². The number of imide groups is 1. The second-order valence-corrected chi connectivity index (χ2v) is 7.21. The van der Waals surface area contributed by atoms with E-state index in [0.29, 0.717) is 4.91 Å². The number of hydrogen-bond donors (Lipinski definition) is 2. The lowest BCUT2D eigenvalue weighted by molar-refractivity contribution is -0.115. The molecule has 3 rings (SSSR count). The summed E-state index contributed by atoms with van der Waals surface area (Å²) in [7, 11) is 1.59. The lowest BCUT2D eigenvalue weighted by Crippen LogP contribution is -2.17. The van der Waals surface area contributed by atoms with Gasteiger partial charge in [0.25, 0.3) is 11.1 Å². The Hall–Kier alpha value is -2.09. The van der Waals surface area contributed by atoms with Crippen LogP contribution in [0.4, 0.5) is 10.5 Å². The minimum Gasteiger partial charge on any atom is -0.289 e. The molecule has 0 unspecified atom stereocenters. The monoisotopic (exact) mass is 346 g/mol. The molecule has 0 saturated carbocycles.